The standard InChI is InChI=1S/C24H38N2OS/c1-19(2)21-14-12-20(13-15-21)17-26(18-23-11-8-16-27-23)24(28)25-22-9-6-4-3-5-7-10-22/h12-15,19,22-23H,3-11,16-18H2,1-2H3,(H,25,28). The molecular formula is C24H38N2OS. The molecule has 2 aliphatic rings. The summed E-state index contributed by atoms with van der Waals surface area (Å²) in [6.45, 7) is 7.13. The number of hydrogen-bond acceptors (Lipinski definition) is 2. The summed E-state index contributed by atoms with van der Waals surface area (Å²) in [5, 5.41) is 4.62. The Kier molecular flexibility index (Phi) is 8.60. The molecule has 0 radical (unpaired) electrons. The van der Waals surface area contributed by atoms with Crippen LogP contribution < -0.4 is 5.32 Å². The minimum absolute atomic E-state index is 0.312. The molecule has 156 valence electrons. The fourth-order valence-electron chi connectivity index (χ4n) is 4.35. The first-order valence-electron chi connectivity index (χ1n) is 11.4. The van der Waals surface area contributed by atoms with E-state index in [0.29, 0.717) is 18.1 Å². The quantitative estimate of drug-likeness (QED) is 0.610. The van der Waals surface area contributed by atoms with E-state index in [1.54, 1.807) is 0 Å². The number of benzene rings is 1. The molecule has 1 N–H and O–H groups in total. The molecule has 0 bridgehead atoms. The third-order valence-corrected chi connectivity index (χ3v) is 6.56. The van der Waals surface area contributed by atoms with Crippen molar-refractivity contribution in [3.8, 4) is 0 Å². The third-order valence-electron chi connectivity index (χ3n) is 6.19. The van der Waals surface area contributed by atoms with Crippen molar-refractivity contribution in [2.24, 2.45) is 0 Å². The van der Waals surface area contributed by atoms with Crippen molar-refractivity contribution in [3.05, 3.63) is 35.4 Å². The highest BCUT2D eigenvalue weighted by molar-refractivity contribution is 7.80. The molecule has 2 fully saturated rings. The predicted octanol–water partition coefficient (Wildman–Crippen LogP) is 5.78. The van der Waals surface area contributed by atoms with Crippen LogP contribution >= 0.6 is 12.2 Å². The molecule has 1 atom stereocenters. The largest absolute Gasteiger partial charge is 0.376 e. The van der Waals surface area contributed by atoms with Gasteiger partial charge in [0.15, 0.2) is 5.11 Å². The van der Waals surface area contributed by atoms with Gasteiger partial charge in [0.05, 0.1) is 6.10 Å². The second-order valence-electron chi connectivity index (χ2n) is 8.90. The minimum Gasteiger partial charge on any atom is -0.376 e. The summed E-state index contributed by atoms with van der Waals surface area (Å²) < 4.78 is 5.92. The molecule has 4 heteroatoms. The molecule has 1 heterocycles. The van der Waals surface area contributed by atoms with Gasteiger partial charge in [0, 0.05) is 25.7 Å². The van der Waals surface area contributed by atoms with E-state index in [2.05, 4.69) is 48.3 Å². The van der Waals surface area contributed by atoms with Crippen LogP contribution in [0.4, 0.5) is 0 Å². The number of ether oxygens (including phenoxy) is 1. The fraction of sp³-hybridized carbons (Fsp3) is 0.708. The zero-order chi connectivity index (χ0) is 19.8. The molecule has 28 heavy (non-hydrogen) atoms. The molecule has 1 unspecified atom stereocenters. The van der Waals surface area contributed by atoms with Gasteiger partial charge in [0.25, 0.3) is 0 Å². The van der Waals surface area contributed by atoms with Gasteiger partial charge < -0.3 is 15.0 Å². The van der Waals surface area contributed by atoms with Crippen molar-refractivity contribution in [2.75, 3.05) is 13.2 Å². The Hall–Kier alpha value is -1.13. The average molecular weight is 403 g/mol. The van der Waals surface area contributed by atoms with Gasteiger partial charge in [-0.3, -0.25) is 0 Å². The number of thiocarbonyl (C=S) groups is 1. The van der Waals surface area contributed by atoms with Crippen molar-refractivity contribution in [2.45, 2.75) is 96.2 Å². The van der Waals surface area contributed by atoms with Gasteiger partial charge in [0.2, 0.25) is 0 Å². The van der Waals surface area contributed by atoms with Crippen LogP contribution in [0.2, 0.25) is 0 Å². The molecule has 1 aliphatic carbocycles. The van der Waals surface area contributed by atoms with E-state index in [0.717, 1.165) is 31.2 Å². The third kappa shape index (κ3) is 6.73. The van der Waals surface area contributed by atoms with E-state index in [9.17, 15) is 0 Å². The summed E-state index contributed by atoms with van der Waals surface area (Å²) in [5.74, 6) is 0.569. The fourth-order valence-corrected chi connectivity index (χ4v) is 4.65. The van der Waals surface area contributed by atoms with Gasteiger partial charge in [-0.15, -0.1) is 0 Å². The Balaban J connectivity index is 1.63. The van der Waals surface area contributed by atoms with Crippen LogP contribution in [0.25, 0.3) is 0 Å². The Morgan fingerprint density at radius 3 is 2.32 bits per heavy atom. The zero-order valence-electron chi connectivity index (χ0n) is 17.8. The SMILES string of the molecule is CC(C)c1ccc(CN(CC2CCCO2)C(=S)NC2CCCCCCC2)cc1. The monoisotopic (exact) mass is 402 g/mol. The lowest BCUT2D eigenvalue weighted by molar-refractivity contribution is 0.0895. The van der Waals surface area contributed by atoms with Crippen LogP contribution in [0, 0.1) is 0 Å². The first kappa shape index (κ1) is 21.6. The maximum atomic E-state index is 5.92. The summed E-state index contributed by atoms with van der Waals surface area (Å²) in [6, 6.07) is 9.57. The van der Waals surface area contributed by atoms with E-state index in [1.165, 1.54) is 62.5 Å². The normalized spacial score (nSPS) is 21.3. The molecule has 0 amide bonds. The zero-order valence-corrected chi connectivity index (χ0v) is 18.6. The molecule has 3 nitrogen and oxygen atoms in total. The van der Waals surface area contributed by atoms with E-state index >= 15 is 0 Å². The summed E-state index contributed by atoms with van der Waals surface area (Å²) in [4.78, 5) is 2.34. The Bertz CT molecular complexity index is 587. The molecule has 0 aromatic heterocycles. The lowest BCUT2D eigenvalue weighted by atomic mass is 9.97. The number of nitrogens with zero attached hydrogens (tertiary/aromatic N) is 1. The maximum Gasteiger partial charge on any atom is 0.169 e. The predicted molar refractivity (Wildman–Crippen MR) is 122 cm³/mol. The molecule has 3 rings (SSSR count). The van der Waals surface area contributed by atoms with Crippen LogP contribution in [0.3, 0.4) is 0 Å². The lowest BCUT2D eigenvalue weighted by Crippen LogP contribution is -2.47. The Morgan fingerprint density at radius 2 is 1.71 bits per heavy atom. The summed E-state index contributed by atoms with van der Waals surface area (Å²) in [6.07, 6.45) is 11.9. The molecule has 1 aliphatic heterocycles. The highest BCUT2D eigenvalue weighted by Crippen LogP contribution is 2.20. The van der Waals surface area contributed by atoms with Crippen LogP contribution in [0.1, 0.15) is 88.7 Å². The van der Waals surface area contributed by atoms with Crippen LogP contribution in [0.15, 0.2) is 24.3 Å². The van der Waals surface area contributed by atoms with Crippen molar-refractivity contribution < 1.29 is 4.74 Å². The summed E-state index contributed by atoms with van der Waals surface area (Å²) in [5.41, 5.74) is 2.72. The van der Waals surface area contributed by atoms with Gasteiger partial charge in [-0.25, -0.2) is 0 Å². The highest BCUT2D eigenvalue weighted by atomic mass is 32.1. The van der Waals surface area contributed by atoms with Crippen LogP contribution in [0.5, 0.6) is 0 Å². The van der Waals surface area contributed by atoms with Gasteiger partial charge in [-0.1, -0.05) is 70.2 Å². The Labute approximate surface area is 177 Å². The summed E-state index contributed by atoms with van der Waals surface area (Å²) >= 11 is 5.89. The lowest BCUT2D eigenvalue weighted by Gasteiger charge is -2.31. The second kappa shape index (κ2) is 11.2. The van der Waals surface area contributed by atoms with Crippen molar-refractivity contribution >= 4 is 17.3 Å². The van der Waals surface area contributed by atoms with E-state index in [1.807, 2.05) is 0 Å². The maximum absolute atomic E-state index is 5.92. The number of rotatable bonds is 6. The van der Waals surface area contributed by atoms with E-state index in [4.69, 9.17) is 17.0 Å². The van der Waals surface area contributed by atoms with Gasteiger partial charge in [0.1, 0.15) is 0 Å². The van der Waals surface area contributed by atoms with Crippen molar-refractivity contribution in [3.63, 3.8) is 0 Å². The summed E-state index contributed by atoms with van der Waals surface area (Å²) in [7, 11) is 0. The average Bonchev–Trinajstić information content (AvgIpc) is 3.17. The minimum atomic E-state index is 0.312. The first-order chi connectivity index (χ1) is 13.6. The van der Waals surface area contributed by atoms with E-state index in [-0.39, 0.29) is 0 Å². The molecule has 0 spiro atoms. The second-order valence-corrected chi connectivity index (χ2v) is 9.29. The van der Waals surface area contributed by atoms with Gasteiger partial charge >= 0.3 is 0 Å². The molecule has 1 aromatic carbocycles. The van der Waals surface area contributed by atoms with Gasteiger partial charge in [-0.05, 0) is 54.9 Å². The van der Waals surface area contributed by atoms with Crippen LogP contribution in [-0.4, -0.2) is 35.3 Å². The number of hydrogen-bond donors (Lipinski definition) is 1. The van der Waals surface area contributed by atoms with Crippen LogP contribution in [-0.2, 0) is 11.3 Å². The Morgan fingerprint density at radius 1 is 1.04 bits per heavy atom. The smallest absolute Gasteiger partial charge is 0.169 e. The highest BCUT2D eigenvalue weighted by Gasteiger charge is 2.22. The number of nitrogens with one attached hydrogen (secondary N) is 1. The molecule has 1 saturated heterocycles. The van der Waals surface area contributed by atoms with E-state index < -0.39 is 0 Å². The first-order valence-corrected chi connectivity index (χ1v) is 11.8. The van der Waals surface area contributed by atoms with Crippen molar-refractivity contribution in [1.82, 2.24) is 10.2 Å². The molecule has 1 saturated carbocycles. The van der Waals surface area contributed by atoms with Crippen molar-refractivity contribution in [1.29, 1.82) is 0 Å². The molecule has 1 aromatic rings. The van der Waals surface area contributed by atoms with Gasteiger partial charge in [-0.2, -0.15) is 0 Å². The topological polar surface area (TPSA) is 24.5 Å². The molecular weight excluding hydrogens is 364 g/mol.